The number of aromatic nitrogens is 1. The molecule has 0 aliphatic carbocycles. The number of benzene rings is 4. The Morgan fingerprint density at radius 2 is 1.50 bits per heavy atom. The molecule has 0 amide bonds. The first-order valence-electron chi connectivity index (χ1n) is 15.0. The van der Waals surface area contributed by atoms with Gasteiger partial charge in [-0.15, -0.1) is 0 Å². The van der Waals surface area contributed by atoms with Gasteiger partial charge in [0.25, 0.3) is 0 Å². The van der Waals surface area contributed by atoms with E-state index in [9.17, 15) is 4.79 Å². The number of hydrogen-bond donors (Lipinski definition) is 1. The first kappa shape index (κ1) is 27.9. The van der Waals surface area contributed by atoms with Crippen LogP contribution >= 0.6 is 0 Å². The summed E-state index contributed by atoms with van der Waals surface area (Å²) in [7, 11) is 0. The predicted molar refractivity (Wildman–Crippen MR) is 171 cm³/mol. The van der Waals surface area contributed by atoms with Gasteiger partial charge in [-0.3, -0.25) is 4.79 Å². The largest absolute Gasteiger partial charge is 0.487 e. The maximum absolute atomic E-state index is 15.7. The van der Waals surface area contributed by atoms with Crippen LogP contribution in [0.2, 0.25) is 0 Å². The molecule has 1 saturated heterocycles. The Morgan fingerprint density at radius 1 is 0.932 bits per heavy atom. The highest BCUT2D eigenvalue weighted by molar-refractivity contribution is 5.95. The summed E-state index contributed by atoms with van der Waals surface area (Å²) in [6, 6.07) is 31.0. The molecule has 0 saturated carbocycles. The second kappa shape index (κ2) is 11.6. The Balaban J connectivity index is 1.36. The maximum Gasteiger partial charge on any atom is 0.212 e. The fourth-order valence-corrected chi connectivity index (χ4v) is 6.35. The van der Waals surface area contributed by atoms with Gasteiger partial charge in [-0.1, -0.05) is 96.2 Å². The summed E-state index contributed by atoms with van der Waals surface area (Å²) >= 11 is 0. The van der Waals surface area contributed by atoms with Gasteiger partial charge in [0, 0.05) is 49.1 Å². The minimum Gasteiger partial charge on any atom is -0.487 e. The molecular formula is C36H33FN4O3. The molecule has 8 heteroatoms. The van der Waals surface area contributed by atoms with Gasteiger partial charge >= 0.3 is 0 Å². The Bertz CT molecular complexity index is 1770. The summed E-state index contributed by atoms with van der Waals surface area (Å²) in [4.78, 5) is 22.4. The summed E-state index contributed by atoms with van der Waals surface area (Å²) in [5.41, 5.74) is 2.57. The fraction of sp³-hybridized carbons (Fsp3) is 0.222. The molecule has 3 heterocycles. The normalized spacial score (nSPS) is 16.7. The van der Waals surface area contributed by atoms with Gasteiger partial charge in [0.1, 0.15) is 12.3 Å². The van der Waals surface area contributed by atoms with Crippen molar-refractivity contribution < 1.29 is 14.0 Å². The number of rotatable bonds is 7. The van der Waals surface area contributed by atoms with E-state index in [0.717, 1.165) is 29.8 Å². The molecule has 0 unspecified atom stereocenters. The van der Waals surface area contributed by atoms with Gasteiger partial charge in [-0.05, 0) is 13.0 Å². The molecule has 0 radical (unpaired) electrons. The van der Waals surface area contributed by atoms with Crippen molar-refractivity contribution in [2.45, 2.75) is 18.6 Å². The van der Waals surface area contributed by atoms with Crippen molar-refractivity contribution >= 4 is 22.8 Å². The van der Waals surface area contributed by atoms with E-state index in [1.54, 1.807) is 6.20 Å². The van der Waals surface area contributed by atoms with Crippen LogP contribution < -0.4 is 20.4 Å². The molecule has 2 aliphatic heterocycles. The van der Waals surface area contributed by atoms with Crippen LogP contribution in [0.1, 0.15) is 35.2 Å². The number of oxime groups is 1. The molecule has 44 heavy (non-hydrogen) atoms. The third-order valence-corrected chi connectivity index (χ3v) is 8.53. The number of halogens is 1. The summed E-state index contributed by atoms with van der Waals surface area (Å²) in [6.45, 7) is 5.21. The second-order valence-corrected chi connectivity index (χ2v) is 11.3. The number of piperazine rings is 1. The highest BCUT2D eigenvalue weighted by atomic mass is 19.1. The van der Waals surface area contributed by atoms with E-state index in [1.807, 2.05) is 107 Å². The first-order chi connectivity index (χ1) is 21.6. The smallest absolute Gasteiger partial charge is 0.212 e. The molecule has 7 rings (SSSR count). The standard InChI is InChI=1S/C36H33FN4O3/c1-25-24-43-35-32-30(21-31(37)33(35)40-19-17-38-18-20-40)34(42)26(23-41(25)32)22-39-44-36(27-11-5-2-6-12-27,28-13-7-3-8-14-28)29-15-9-4-10-16-29/h2-16,21-23,25,38H,17-20,24H2,1H3/b39-22+/t25-/m0/s1. The van der Waals surface area contributed by atoms with E-state index in [2.05, 4.69) is 10.5 Å². The first-order valence-corrected chi connectivity index (χ1v) is 15.0. The summed E-state index contributed by atoms with van der Waals surface area (Å²) in [5.74, 6) is -0.0396. The number of nitrogens with one attached hydrogen (secondary N) is 1. The third kappa shape index (κ3) is 4.72. The quantitative estimate of drug-likeness (QED) is 0.147. The van der Waals surface area contributed by atoms with Crippen molar-refractivity contribution in [1.29, 1.82) is 0 Å². The Labute approximate surface area is 255 Å². The van der Waals surface area contributed by atoms with Gasteiger partial charge < -0.3 is 24.4 Å². The van der Waals surface area contributed by atoms with Crippen LogP contribution in [0.4, 0.5) is 10.1 Å². The van der Waals surface area contributed by atoms with Crippen LogP contribution in [0.3, 0.4) is 0 Å². The fourth-order valence-electron chi connectivity index (χ4n) is 6.35. The summed E-state index contributed by atoms with van der Waals surface area (Å²) < 4.78 is 23.9. The van der Waals surface area contributed by atoms with Crippen molar-refractivity contribution in [2.75, 3.05) is 37.7 Å². The molecule has 2 aliphatic rings. The molecule has 0 bridgehead atoms. The van der Waals surface area contributed by atoms with E-state index >= 15 is 4.39 Å². The van der Waals surface area contributed by atoms with Gasteiger partial charge in [-0.25, -0.2) is 4.39 Å². The number of anilines is 1. The minimum atomic E-state index is -1.08. The molecule has 222 valence electrons. The topological polar surface area (TPSA) is 68.1 Å². The molecule has 1 atom stereocenters. The monoisotopic (exact) mass is 588 g/mol. The van der Waals surface area contributed by atoms with Crippen molar-refractivity contribution in [3.05, 3.63) is 142 Å². The zero-order chi connectivity index (χ0) is 30.1. The van der Waals surface area contributed by atoms with E-state index in [4.69, 9.17) is 9.57 Å². The average Bonchev–Trinajstić information content (AvgIpc) is 3.08. The van der Waals surface area contributed by atoms with Crippen LogP contribution in [0, 0.1) is 5.82 Å². The van der Waals surface area contributed by atoms with Crippen molar-refractivity contribution in [3.63, 3.8) is 0 Å². The van der Waals surface area contributed by atoms with Crippen LogP contribution in [0.25, 0.3) is 10.9 Å². The van der Waals surface area contributed by atoms with Crippen LogP contribution in [-0.2, 0) is 10.4 Å². The lowest BCUT2D eigenvalue weighted by Gasteiger charge is -2.34. The van der Waals surface area contributed by atoms with Crippen LogP contribution in [0.5, 0.6) is 5.75 Å². The van der Waals surface area contributed by atoms with Crippen molar-refractivity contribution in [2.24, 2.45) is 5.16 Å². The lowest BCUT2D eigenvalue weighted by molar-refractivity contribution is 0.0183. The number of nitrogens with zero attached hydrogens (tertiary/aromatic N) is 3. The predicted octanol–water partition coefficient (Wildman–Crippen LogP) is 5.85. The molecule has 1 N–H and O–H groups in total. The Morgan fingerprint density at radius 3 is 2.07 bits per heavy atom. The number of hydrogen-bond acceptors (Lipinski definition) is 6. The summed E-state index contributed by atoms with van der Waals surface area (Å²) in [5, 5.41) is 8.05. The Hall–Kier alpha value is -4.95. The van der Waals surface area contributed by atoms with Gasteiger partial charge in [0.2, 0.25) is 5.60 Å². The van der Waals surface area contributed by atoms with Crippen molar-refractivity contribution in [1.82, 2.24) is 9.88 Å². The van der Waals surface area contributed by atoms with Crippen molar-refractivity contribution in [3.8, 4) is 5.75 Å². The molecule has 1 aromatic heterocycles. The van der Waals surface area contributed by atoms with Crippen LogP contribution in [-0.4, -0.2) is 43.6 Å². The zero-order valence-corrected chi connectivity index (χ0v) is 24.4. The summed E-state index contributed by atoms with van der Waals surface area (Å²) in [6.07, 6.45) is 3.22. The van der Waals surface area contributed by atoms with E-state index in [1.165, 1.54) is 12.3 Å². The van der Waals surface area contributed by atoms with E-state index < -0.39 is 11.4 Å². The van der Waals surface area contributed by atoms with Gasteiger partial charge in [0.05, 0.1) is 28.7 Å². The second-order valence-electron chi connectivity index (χ2n) is 11.3. The SMILES string of the molecule is C[C@H]1COc2c(N3CCNCC3)c(F)cc3c(=O)c(/C=N/OC(c4ccccc4)(c4ccccc4)c4ccccc4)cn1c23. The lowest BCUT2D eigenvalue weighted by Crippen LogP contribution is -2.44. The lowest BCUT2D eigenvalue weighted by atomic mass is 9.80. The highest BCUT2D eigenvalue weighted by Gasteiger charge is 2.39. The highest BCUT2D eigenvalue weighted by Crippen LogP contribution is 2.43. The molecule has 0 spiro atoms. The molecular weight excluding hydrogens is 555 g/mol. The van der Waals surface area contributed by atoms with E-state index in [0.29, 0.717) is 42.2 Å². The van der Waals surface area contributed by atoms with E-state index in [-0.39, 0.29) is 16.9 Å². The molecule has 5 aromatic rings. The minimum absolute atomic E-state index is 0.0722. The number of pyridine rings is 1. The van der Waals surface area contributed by atoms with Crippen LogP contribution in [0.15, 0.2) is 113 Å². The molecule has 4 aromatic carbocycles. The average molecular weight is 589 g/mol. The maximum atomic E-state index is 15.7. The Kier molecular flexibility index (Phi) is 7.36. The number of ether oxygens (including phenoxy) is 1. The molecule has 7 nitrogen and oxygen atoms in total. The third-order valence-electron chi connectivity index (χ3n) is 8.53. The van der Waals surface area contributed by atoms with Gasteiger partial charge in [-0.2, -0.15) is 0 Å². The zero-order valence-electron chi connectivity index (χ0n) is 24.4. The molecule has 1 fully saturated rings. The van der Waals surface area contributed by atoms with Gasteiger partial charge in [0.15, 0.2) is 17.0 Å².